The van der Waals surface area contributed by atoms with Gasteiger partial charge in [0.05, 0.1) is 7.11 Å². The summed E-state index contributed by atoms with van der Waals surface area (Å²) in [6.07, 6.45) is 0. The van der Waals surface area contributed by atoms with Gasteiger partial charge in [0.25, 0.3) is 0 Å². The van der Waals surface area contributed by atoms with Crippen LogP contribution in [0.2, 0.25) is 0 Å². The molecule has 20 heavy (non-hydrogen) atoms. The first-order chi connectivity index (χ1) is 9.71. The van der Waals surface area contributed by atoms with Crippen LogP contribution in [0.25, 0.3) is 0 Å². The molecule has 1 N–H and O–H groups in total. The molecule has 1 atom stereocenters. The third kappa shape index (κ3) is 2.39. The van der Waals surface area contributed by atoms with E-state index in [0.29, 0.717) is 0 Å². The zero-order valence-corrected chi connectivity index (χ0v) is 12.3. The fraction of sp³-hybridized carbons (Fsp3) is 0.188. The molecule has 0 saturated carbocycles. The third-order valence-electron chi connectivity index (χ3n) is 3.33. The van der Waals surface area contributed by atoms with Crippen LogP contribution in [-0.4, -0.2) is 12.2 Å². The molecule has 1 heterocycles. The Kier molecular flexibility index (Phi) is 3.40. The Morgan fingerprint density at radius 3 is 2.40 bits per heavy atom. The fourth-order valence-electron chi connectivity index (χ4n) is 2.13. The maximum Gasteiger partial charge on any atom is 0.128 e. The van der Waals surface area contributed by atoms with Crippen LogP contribution in [0, 0.1) is 0 Å². The summed E-state index contributed by atoms with van der Waals surface area (Å²) in [5, 5.41) is 5.48. The molecule has 3 rings (SSSR count). The number of benzene rings is 2. The van der Waals surface area contributed by atoms with Crippen molar-refractivity contribution in [1.82, 2.24) is 5.43 Å². The van der Waals surface area contributed by atoms with E-state index in [0.717, 1.165) is 16.4 Å². The molecule has 0 spiro atoms. The average Bonchev–Trinajstić information content (AvgIpc) is 2.92. The highest BCUT2D eigenvalue weighted by Gasteiger charge is 2.34. The number of hydrazone groups is 1. The number of methoxy groups -OCH3 is 1. The lowest BCUT2D eigenvalue weighted by Crippen LogP contribution is -2.28. The molecule has 0 saturated heterocycles. The van der Waals surface area contributed by atoms with Crippen molar-refractivity contribution in [2.75, 3.05) is 7.11 Å². The fourth-order valence-corrected chi connectivity index (χ4v) is 3.21. The van der Waals surface area contributed by atoms with Gasteiger partial charge in [0.2, 0.25) is 0 Å². The van der Waals surface area contributed by atoms with Crippen LogP contribution in [0.5, 0.6) is 5.75 Å². The summed E-state index contributed by atoms with van der Waals surface area (Å²) in [6.45, 7) is 2.15. The van der Waals surface area contributed by atoms with Crippen molar-refractivity contribution < 1.29 is 4.74 Å². The van der Waals surface area contributed by atoms with Crippen molar-refractivity contribution in [3.63, 3.8) is 0 Å². The monoisotopic (exact) mass is 284 g/mol. The predicted molar refractivity (Wildman–Crippen MR) is 84.1 cm³/mol. The highest BCUT2D eigenvalue weighted by molar-refractivity contribution is 8.15. The van der Waals surface area contributed by atoms with Crippen LogP contribution in [0.15, 0.2) is 59.7 Å². The largest absolute Gasteiger partial charge is 0.497 e. The Labute approximate surface area is 123 Å². The van der Waals surface area contributed by atoms with E-state index in [2.05, 4.69) is 29.6 Å². The number of ether oxygens (including phenoxy) is 1. The molecule has 0 amide bonds. The van der Waals surface area contributed by atoms with Crippen LogP contribution >= 0.6 is 11.8 Å². The maximum absolute atomic E-state index is 5.18. The lowest BCUT2D eigenvalue weighted by atomic mass is 10.1. The second-order valence-electron chi connectivity index (χ2n) is 4.76. The average molecular weight is 284 g/mol. The summed E-state index contributed by atoms with van der Waals surface area (Å²) >= 11 is 1.73. The zero-order chi connectivity index (χ0) is 14.0. The predicted octanol–water partition coefficient (Wildman–Crippen LogP) is 3.57. The van der Waals surface area contributed by atoms with E-state index in [4.69, 9.17) is 4.74 Å². The quantitative estimate of drug-likeness (QED) is 0.935. The first-order valence-corrected chi connectivity index (χ1v) is 7.27. The van der Waals surface area contributed by atoms with Gasteiger partial charge in [-0.3, -0.25) is 5.43 Å². The Bertz CT molecular complexity index is 625. The van der Waals surface area contributed by atoms with Gasteiger partial charge in [0.1, 0.15) is 15.7 Å². The van der Waals surface area contributed by atoms with Gasteiger partial charge in [-0.25, -0.2) is 0 Å². The second kappa shape index (κ2) is 5.21. The zero-order valence-electron chi connectivity index (χ0n) is 11.5. The lowest BCUT2D eigenvalue weighted by molar-refractivity contribution is 0.415. The van der Waals surface area contributed by atoms with E-state index < -0.39 is 0 Å². The van der Waals surface area contributed by atoms with Crippen LogP contribution in [-0.2, 0) is 4.87 Å². The van der Waals surface area contributed by atoms with E-state index >= 15 is 0 Å². The van der Waals surface area contributed by atoms with Gasteiger partial charge in [0, 0.05) is 5.56 Å². The lowest BCUT2D eigenvalue weighted by Gasteiger charge is -2.23. The molecule has 1 aliphatic heterocycles. The Morgan fingerprint density at radius 1 is 1.05 bits per heavy atom. The van der Waals surface area contributed by atoms with Crippen molar-refractivity contribution in [1.29, 1.82) is 0 Å². The number of nitrogens with zero attached hydrogens (tertiary/aromatic N) is 1. The molecule has 0 fully saturated rings. The molecule has 0 radical (unpaired) electrons. The first-order valence-electron chi connectivity index (χ1n) is 6.45. The Balaban J connectivity index is 1.81. The van der Waals surface area contributed by atoms with Crippen LogP contribution < -0.4 is 10.2 Å². The molecular weight excluding hydrogens is 268 g/mol. The molecule has 102 valence electrons. The van der Waals surface area contributed by atoms with E-state index in [1.54, 1.807) is 18.9 Å². The first kappa shape index (κ1) is 13.1. The summed E-state index contributed by atoms with van der Waals surface area (Å²) < 4.78 is 5.18. The van der Waals surface area contributed by atoms with Crippen molar-refractivity contribution >= 4 is 16.8 Å². The van der Waals surface area contributed by atoms with Gasteiger partial charge in [-0.05, 0) is 36.8 Å². The second-order valence-corrected chi connectivity index (χ2v) is 6.17. The van der Waals surface area contributed by atoms with Gasteiger partial charge < -0.3 is 4.74 Å². The minimum atomic E-state index is -0.212. The van der Waals surface area contributed by atoms with Crippen molar-refractivity contribution in [2.45, 2.75) is 11.8 Å². The summed E-state index contributed by atoms with van der Waals surface area (Å²) in [7, 11) is 1.67. The van der Waals surface area contributed by atoms with Crippen LogP contribution in [0.3, 0.4) is 0 Å². The molecule has 1 unspecified atom stereocenters. The van der Waals surface area contributed by atoms with Crippen molar-refractivity contribution in [2.24, 2.45) is 5.10 Å². The molecule has 2 aromatic rings. The van der Waals surface area contributed by atoms with Crippen molar-refractivity contribution in [3.05, 3.63) is 65.7 Å². The summed E-state index contributed by atoms with van der Waals surface area (Å²) in [4.78, 5) is -0.212. The number of nitrogens with one attached hydrogen (secondary N) is 1. The molecule has 3 nitrogen and oxygen atoms in total. The molecule has 0 bridgehead atoms. The number of hydrogen-bond acceptors (Lipinski definition) is 4. The van der Waals surface area contributed by atoms with Gasteiger partial charge in [-0.2, -0.15) is 5.10 Å². The Hall–Kier alpha value is -1.94. The van der Waals surface area contributed by atoms with Crippen LogP contribution in [0.1, 0.15) is 18.1 Å². The van der Waals surface area contributed by atoms with Gasteiger partial charge in [-0.1, -0.05) is 42.1 Å². The molecule has 4 heteroatoms. The maximum atomic E-state index is 5.18. The van der Waals surface area contributed by atoms with E-state index in [1.165, 1.54) is 5.56 Å². The highest BCUT2D eigenvalue weighted by Crippen LogP contribution is 2.40. The third-order valence-corrected chi connectivity index (χ3v) is 4.59. The summed E-state index contributed by atoms with van der Waals surface area (Å²) in [5.74, 6) is 0.858. The van der Waals surface area contributed by atoms with Crippen LogP contribution in [0.4, 0.5) is 0 Å². The normalized spacial score (nSPS) is 21.2. The van der Waals surface area contributed by atoms with E-state index in [1.807, 2.05) is 42.5 Å². The van der Waals surface area contributed by atoms with E-state index in [-0.39, 0.29) is 4.87 Å². The van der Waals surface area contributed by atoms with Crippen molar-refractivity contribution in [3.8, 4) is 5.75 Å². The smallest absolute Gasteiger partial charge is 0.128 e. The summed E-state index contributed by atoms with van der Waals surface area (Å²) in [6, 6.07) is 18.3. The number of thioether (sulfide) groups is 1. The molecular formula is C16H16N2OS. The van der Waals surface area contributed by atoms with Gasteiger partial charge >= 0.3 is 0 Å². The standard InChI is InChI=1S/C16H16N2OS/c1-16(13-6-4-3-5-7-13)18-17-15(20-16)12-8-10-14(19-2)11-9-12/h3-11,18H,1-2H3. The minimum absolute atomic E-state index is 0.212. The molecule has 0 aromatic heterocycles. The topological polar surface area (TPSA) is 33.6 Å². The van der Waals surface area contributed by atoms with Gasteiger partial charge in [0.15, 0.2) is 0 Å². The molecule has 1 aliphatic rings. The highest BCUT2D eigenvalue weighted by atomic mass is 32.2. The van der Waals surface area contributed by atoms with Gasteiger partial charge in [-0.15, -0.1) is 0 Å². The van der Waals surface area contributed by atoms with E-state index in [9.17, 15) is 0 Å². The molecule has 2 aromatic carbocycles. The Morgan fingerprint density at radius 2 is 1.75 bits per heavy atom. The minimum Gasteiger partial charge on any atom is -0.497 e. The summed E-state index contributed by atoms with van der Waals surface area (Å²) in [5.41, 5.74) is 5.57. The SMILES string of the molecule is COc1ccc(C2=NNC(C)(c3ccccc3)S2)cc1. The number of hydrogen-bond donors (Lipinski definition) is 1. The number of rotatable bonds is 3. The molecule has 0 aliphatic carbocycles.